The van der Waals surface area contributed by atoms with E-state index in [4.69, 9.17) is 0 Å². The number of aryl methyl sites for hydroxylation is 2. The lowest BCUT2D eigenvalue weighted by molar-refractivity contribution is -0.384. The summed E-state index contributed by atoms with van der Waals surface area (Å²) in [6.07, 6.45) is 0. The average Bonchev–Trinajstić information content (AvgIpc) is 2.85. The van der Waals surface area contributed by atoms with Gasteiger partial charge in [-0.1, -0.05) is 6.07 Å². The minimum atomic E-state index is -0.748. The van der Waals surface area contributed by atoms with Gasteiger partial charge in [0.25, 0.3) is 17.3 Å². The molecule has 2 aromatic carbocycles. The number of rotatable bonds is 4. The van der Waals surface area contributed by atoms with Gasteiger partial charge in [0.2, 0.25) is 0 Å². The number of non-ortho nitro benzene ring substituents is 1. The molecule has 1 aromatic heterocycles. The zero-order valence-electron chi connectivity index (χ0n) is 14.2. The maximum Gasteiger partial charge on any atom is 0.328 e. The summed E-state index contributed by atoms with van der Waals surface area (Å²) < 4.78 is 2.55. The van der Waals surface area contributed by atoms with E-state index >= 15 is 0 Å². The van der Waals surface area contributed by atoms with E-state index in [-0.39, 0.29) is 22.6 Å². The van der Waals surface area contributed by atoms with Crippen molar-refractivity contribution < 1.29 is 14.6 Å². The Morgan fingerprint density at radius 2 is 1.63 bits per heavy atom. The molecule has 0 aliphatic heterocycles. The van der Waals surface area contributed by atoms with Crippen molar-refractivity contribution in [3.63, 3.8) is 0 Å². The summed E-state index contributed by atoms with van der Waals surface area (Å²) in [6, 6.07) is 7.50. The summed E-state index contributed by atoms with van der Waals surface area (Å²) in [5, 5.41) is 24.6. The molecule has 3 rings (SSSR count). The number of imidazole rings is 1. The molecule has 0 bridgehead atoms. The van der Waals surface area contributed by atoms with Crippen LogP contribution in [-0.2, 0) is 14.1 Å². The number of fused-ring (bicyclic) bond motifs is 1. The van der Waals surface area contributed by atoms with Crippen molar-refractivity contribution in [2.75, 3.05) is 5.32 Å². The number of benzene rings is 2. The Bertz CT molecular complexity index is 1180. The Morgan fingerprint density at radius 3 is 2.22 bits per heavy atom. The Balaban J connectivity index is 2.09. The summed E-state index contributed by atoms with van der Waals surface area (Å²) in [4.78, 5) is 45.4. The van der Waals surface area contributed by atoms with Crippen molar-refractivity contribution in [2.45, 2.75) is 0 Å². The fourth-order valence-electron chi connectivity index (χ4n) is 2.74. The van der Waals surface area contributed by atoms with E-state index < -0.39 is 21.4 Å². The predicted octanol–water partition coefficient (Wildman–Crippen LogP) is 1.95. The van der Waals surface area contributed by atoms with Crippen LogP contribution >= 0.6 is 0 Å². The second-order valence-corrected chi connectivity index (χ2v) is 5.78. The highest BCUT2D eigenvalue weighted by molar-refractivity contribution is 6.06. The highest BCUT2D eigenvalue weighted by atomic mass is 16.6. The third-order valence-electron chi connectivity index (χ3n) is 4.15. The van der Waals surface area contributed by atoms with Gasteiger partial charge < -0.3 is 5.32 Å². The molecule has 0 unspecified atom stereocenters. The van der Waals surface area contributed by atoms with E-state index in [9.17, 15) is 29.8 Å². The van der Waals surface area contributed by atoms with E-state index in [1.165, 1.54) is 53.6 Å². The van der Waals surface area contributed by atoms with Gasteiger partial charge in [-0.05, 0) is 12.1 Å². The Kier molecular flexibility index (Phi) is 4.20. The van der Waals surface area contributed by atoms with Crippen LogP contribution in [0.1, 0.15) is 10.4 Å². The molecule has 1 heterocycles. The fourth-order valence-corrected chi connectivity index (χ4v) is 2.74. The lowest BCUT2D eigenvalue weighted by Crippen LogP contribution is -2.19. The van der Waals surface area contributed by atoms with Crippen LogP contribution in [0.3, 0.4) is 0 Å². The fraction of sp³-hybridized carbons (Fsp3) is 0.125. The normalized spacial score (nSPS) is 10.7. The first kappa shape index (κ1) is 17.8. The molecule has 0 fully saturated rings. The van der Waals surface area contributed by atoms with Crippen LogP contribution in [0.5, 0.6) is 0 Å². The molecule has 11 nitrogen and oxygen atoms in total. The van der Waals surface area contributed by atoms with Gasteiger partial charge in [0.15, 0.2) is 0 Å². The molecule has 1 amide bonds. The molecule has 0 saturated heterocycles. The van der Waals surface area contributed by atoms with E-state index in [2.05, 4.69) is 5.32 Å². The number of nitrogens with zero attached hydrogens (tertiary/aromatic N) is 4. The van der Waals surface area contributed by atoms with Crippen molar-refractivity contribution >= 4 is 34.0 Å². The van der Waals surface area contributed by atoms with E-state index in [0.29, 0.717) is 11.0 Å². The average molecular weight is 371 g/mol. The van der Waals surface area contributed by atoms with Crippen LogP contribution in [0.4, 0.5) is 17.1 Å². The predicted molar refractivity (Wildman–Crippen MR) is 95.9 cm³/mol. The number of hydrogen-bond donors (Lipinski definition) is 1. The SMILES string of the molecule is Cn1c(=O)n(C)c2cc([N+](=O)[O-])c(NC(=O)c3cccc([N+](=O)[O-])c3)cc21. The third kappa shape index (κ3) is 3.01. The molecule has 0 aliphatic carbocycles. The Morgan fingerprint density at radius 1 is 1.00 bits per heavy atom. The third-order valence-corrected chi connectivity index (χ3v) is 4.15. The molecule has 3 aromatic rings. The topological polar surface area (TPSA) is 142 Å². The molecule has 11 heteroatoms. The van der Waals surface area contributed by atoms with E-state index in [1.54, 1.807) is 0 Å². The van der Waals surface area contributed by atoms with Gasteiger partial charge in [0, 0.05) is 37.9 Å². The van der Waals surface area contributed by atoms with Gasteiger partial charge in [-0.3, -0.25) is 34.2 Å². The summed E-state index contributed by atoms with van der Waals surface area (Å²) in [7, 11) is 2.98. The molecular formula is C16H13N5O6. The number of amides is 1. The van der Waals surface area contributed by atoms with Crippen LogP contribution in [0, 0.1) is 20.2 Å². The molecule has 0 saturated carbocycles. The van der Waals surface area contributed by atoms with E-state index in [0.717, 1.165) is 6.07 Å². The van der Waals surface area contributed by atoms with Crippen LogP contribution < -0.4 is 11.0 Å². The molecular weight excluding hydrogens is 358 g/mol. The summed E-state index contributed by atoms with van der Waals surface area (Å²) in [5.74, 6) is -0.748. The number of carbonyl (C=O) groups excluding carboxylic acids is 1. The monoisotopic (exact) mass is 371 g/mol. The van der Waals surface area contributed by atoms with Crippen molar-refractivity contribution in [2.24, 2.45) is 14.1 Å². The second kappa shape index (κ2) is 6.37. The first-order valence-corrected chi connectivity index (χ1v) is 7.60. The number of hydrogen-bond acceptors (Lipinski definition) is 6. The lowest BCUT2D eigenvalue weighted by Gasteiger charge is -2.07. The first-order chi connectivity index (χ1) is 12.7. The Labute approximate surface area is 150 Å². The highest BCUT2D eigenvalue weighted by Crippen LogP contribution is 2.30. The molecule has 1 N–H and O–H groups in total. The van der Waals surface area contributed by atoms with Crippen molar-refractivity contribution in [1.29, 1.82) is 0 Å². The van der Waals surface area contributed by atoms with Crippen LogP contribution in [0.25, 0.3) is 11.0 Å². The van der Waals surface area contributed by atoms with Gasteiger partial charge in [-0.2, -0.15) is 0 Å². The minimum absolute atomic E-state index is 0.0273. The highest BCUT2D eigenvalue weighted by Gasteiger charge is 2.22. The zero-order valence-corrected chi connectivity index (χ0v) is 14.2. The Hall–Kier alpha value is -4.02. The van der Waals surface area contributed by atoms with Gasteiger partial charge in [-0.15, -0.1) is 0 Å². The second-order valence-electron chi connectivity index (χ2n) is 5.78. The smallest absolute Gasteiger partial charge is 0.316 e. The number of nitro benzene ring substituents is 2. The zero-order chi connectivity index (χ0) is 19.9. The molecule has 0 radical (unpaired) electrons. The number of carbonyl (C=O) groups is 1. The van der Waals surface area contributed by atoms with Crippen molar-refractivity contribution in [3.8, 4) is 0 Å². The molecule has 27 heavy (non-hydrogen) atoms. The maximum atomic E-state index is 12.4. The van der Waals surface area contributed by atoms with Crippen molar-refractivity contribution in [1.82, 2.24) is 9.13 Å². The van der Waals surface area contributed by atoms with E-state index in [1.807, 2.05) is 0 Å². The van der Waals surface area contributed by atoms with Crippen LogP contribution in [0.2, 0.25) is 0 Å². The quantitative estimate of drug-likeness (QED) is 0.548. The maximum absolute atomic E-state index is 12.4. The van der Waals surface area contributed by atoms with Crippen LogP contribution in [-0.4, -0.2) is 24.9 Å². The summed E-state index contributed by atoms with van der Waals surface area (Å²) >= 11 is 0. The first-order valence-electron chi connectivity index (χ1n) is 7.60. The molecule has 0 aliphatic rings. The molecule has 138 valence electrons. The van der Waals surface area contributed by atoms with Gasteiger partial charge in [-0.25, -0.2) is 4.79 Å². The minimum Gasteiger partial charge on any atom is -0.316 e. The van der Waals surface area contributed by atoms with Gasteiger partial charge in [0.05, 0.1) is 20.9 Å². The molecule has 0 atom stereocenters. The molecule has 0 spiro atoms. The lowest BCUT2D eigenvalue weighted by atomic mass is 10.1. The summed E-state index contributed by atoms with van der Waals surface area (Å²) in [5.41, 5.74) is -0.474. The number of anilines is 1. The standard InChI is InChI=1S/C16H13N5O6/c1-18-13-7-11(12(21(26)27)8-14(13)19(2)16(18)23)17-15(22)9-4-3-5-10(6-9)20(24)25/h3-8H,1-2H3,(H,17,22). The number of aromatic nitrogens is 2. The largest absolute Gasteiger partial charge is 0.328 e. The number of nitrogens with one attached hydrogen (secondary N) is 1. The van der Waals surface area contributed by atoms with Gasteiger partial charge >= 0.3 is 5.69 Å². The van der Waals surface area contributed by atoms with Crippen LogP contribution in [0.15, 0.2) is 41.2 Å². The number of nitro groups is 2. The summed E-state index contributed by atoms with van der Waals surface area (Å²) in [6.45, 7) is 0. The van der Waals surface area contributed by atoms with Gasteiger partial charge in [0.1, 0.15) is 5.69 Å². The van der Waals surface area contributed by atoms with Crippen molar-refractivity contribution in [3.05, 3.63) is 72.7 Å².